The van der Waals surface area contributed by atoms with Crippen molar-refractivity contribution in [2.45, 2.75) is 51.6 Å². The highest BCUT2D eigenvalue weighted by Gasteiger charge is 2.13. The van der Waals surface area contributed by atoms with Crippen LogP contribution >= 0.6 is 11.6 Å². The lowest BCUT2D eigenvalue weighted by Crippen LogP contribution is -2.27. The van der Waals surface area contributed by atoms with E-state index in [0.29, 0.717) is 0 Å². The Labute approximate surface area is 102 Å². The van der Waals surface area contributed by atoms with Crippen LogP contribution in [0.15, 0.2) is 6.20 Å². The third-order valence-corrected chi connectivity index (χ3v) is 3.61. The predicted octanol–water partition coefficient (Wildman–Crippen LogP) is 2.77. The van der Waals surface area contributed by atoms with Crippen molar-refractivity contribution >= 4 is 11.6 Å². The molecular weight excluding hydrogens is 222 g/mol. The summed E-state index contributed by atoms with van der Waals surface area (Å²) in [6, 6.07) is 0.767. The average molecular weight is 242 g/mol. The van der Waals surface area contributed by atoms with Crippen molar-refractivity contribution in [2.24, 2.45) is 0 Å². The Morgan fingerprint density at radius 2 is 2.25 bits per heavy atom. The average Bonchev–Trinajstić information content (AvgIpc) is 2.85. The number of aromatic nitrogens is 2. The van der Waals surface area contributed by atoms with Gasteiger partial charge in [-0.1, -0.05) is 24.4 Å². The van der Waals surface area contributed by atoms with Gasteiger partial charge in [0.1, 0.15) is 0 Å². The number of aryl methyl sites for hydroxylation is 2. The van der Waals surface area contributed by atoms with Crippen LogP contribution in [0.5, 0.6) is 0 Å². The maximum Gasteiger partial charge on any atom is 0.0814 e. The fourth-order valence-corrected chi connectivity index (χ4v) is 2.44. The molecule has 0 atom stereocenters. The smallest absolute Gasteiger partial charge is 0.0814 e. The largest absolute Gasteiger partial charge is 0.314 e. The van der Waals surface area contributed by atoms with Crippen LogP contribution in [0, 0.1) is 6.92 Å². The highest BCUT2D eigenvalue weighted by Crippen LogP contribution is 2.17. The Kier molecular flexibility index (Phi) is 4.24. The Hall–Kier alpha value is -0.540. The summed E-state index contributed by atoms with van der Waals surface area (Å²) in [6.07, 6.45) is 8.52. The SMILES string of the molecule is Cc1nn(CCCNC2CCCC2)cc1Cl. The van der Waals surface area contributed by atoms with E-state index < -0.39 is 0 Å². The van der Waals surface area contributed by atoms with Gasteiger partial charge in [-0.25, -0.2) is 0 Å². The van der Waals surface area contributed by atoms with Gasteiger partial charge in [-0.15, -0.1) is 0 Å². The molecule has 3 nitrogen and oxygen atoms in total. The van der Waals surface area contributed by atoms with Gasteiger partial charge in [-0.05, 0) is 32.7 Å². The number of nitrogens with one attached hydrogen (secondary N) is 1. The molecule has 90 valence electrons. The minimum absolute atomic E-state index is 0.767. The van der Waals surface area contributed by atoms with Gasteiger partial charge in [0.15, 0.2) is 0 Å². The van der Waals surface area contributed by atoms with Crippen molar-refractivity contribution in [3.63, 3.8) is 0 Å². The van der Waals surface area contributed by atoms with Crippen molar-refractivity contribution < 1.29 is 0 Å². The van der Waals surface area contributed by atoms with Gasteiger partial charge >= 0.3 is 0 Å². The Morgan fingerprint density at radius 1 is 1.50 bits per heavy atom. The summed E-state index contributed by atoms with van der Waals surface area (Å²) in [5, 5.41) is 8.70. The summed E-state index contributed by atoms with van der Waals surface area (Å²) >= 11 is 5.95. The topological polar surface area (TPSA) is 29.9 Å². The second-order valence-corrected chi connectivity index (χ2v) is 5.02. The third-order valence-electron chi connectivity index (χ3n) is 3.24. The number of rotatable bonds is 5. The van der Waals surface area contributed by atoms with E-state index in [2.05, 4.69) is 10.4 Å². The standard InChI is InChI=1S/C12H20ClN3/c1-10-12(13)9-16(15-10)8-4-7-14-11-5-2-3-6-11/h9,11,14H,2-8H2,1H3. The van der Waals surface area contributed by atoms with Crippen molar-refractivity contribution in [2.75, 3.05) is 6.54 Å². The van der Waals surface area contributed by atoms with Crippen molar-refractivity contribution in [1.29, 1.82) is 0 Å². The molecule has 1 aliphatic rings. The summed E-state index contributed by atoms with van der Waals surface area (Å²) in [5.74, 6) is 0. The third kappa shape index (κ3) is 3.22. The zero-order valence-corrected chi connectivity index (χ0v) is 10.6. The first kappa shape index (κ1) is 11.9. The quantitative estimate of drug-likeness (QED) is 0.804. The lowest BCUT2D eigenvalue weighted by atomic mass is 10.2. The van der Waals surface area contributed by atoms with Crippen LogP contribution in [-0.2, 0) is 6.54 Å². The van der Waals surface area contributed by atoms with Gasteiger partial charge < -0.3 is 5.32 Å². The molecule has 1 fully saturated rings. The van der Waals surface area contributed by atoms with Crippen molar-refractivity contribution in [1.82, 2.24) is 15.1 Å². The van der Waals surface area contributed by atoms with E-state index in [1.165, 1.54) is 25.7 Å². The summed E-state index contributed by atoms with van der Waals surface area (Å²) in [4.78, 5) is 0. The zero-order valence-electron chi connectivity index (χ0n) is 9.88. The summed E-state index contributed by atoms with van der Waals surface area (Å²) < 4.78 is 1.94. The Balaban J connectivity index is 1.64. The lowest BCUT2D eigenvalue weighted by molar-refractivity contribution is 0.482. The molecule has 4 heteroatoms. The molecule has 0 unspecified atom stereocenters. The van der Waals surface area contributed by atoms with Crippen LogP contribution in [-0.4, -0.2) is 22.4 Å². The molecule has 0 aromatic carbocycles. The number of nitrogens with zero attached hydrogens (tertiary/aromatic N) is 2. The van der Waals surface area contributed by atoms with E-state index in [0.717, 1.165) is 36.3 Å². The van der Waals surface area contributed by atoms with E-state index in [1.807, 2.05) is 17.8 Å². The van der Waals surface area contributed by atoms with Gasteiger partial charge in [0.25, 0.3) is 0 Å². The normalized spacial score (nSPS) is 17.1. The second-order valence-electron chi connectivity index (χ2n) is 4.61. The van der Waals surface area contributed by atoms with E-state index in [9.17, 15) is 0 Å². The fourth-order valence-electron chi connectivity index (χ4n) is 2.29. The molecule has 2 rings (SSSR count). The molecule has 1 N–H and O–H groups in total. The number of hydrogen-bond donors (Lipinski definition) is 1. The first-order valence-electron chi connectivity index (χ1n) is 6.18. The van der Waals surface area contributed by atoms with E-state index in [1.54, 1.807) is 0 Å². The van der Waals surface area contributed by atoms with Gasteiger partial charge in [0.05, 0.1) is 10.7 Å². The monoisotopic (exact) mass is 241 g/mol. The van der Waals surface area contributed by atoms with Gasteiger partial charge in [0, 0.05) is 18.8 Å². The lowest BCUT2D eigenvalue weighted by Gasteiger charge is -2.11. The second kappa shape index (κ2) is 5.69. The molecule has 1 aromatic rings. The number of hydrogen-bond acceptors (Lipinski definition) is 2. The summed E-state index contributed by atoms with van der Waals surface area (Å²) in [5.41, 5.74) is 0.922. The number of halogens is 1. The first-order chi connectivity index (χ1) is 7.75. The van der Waals surface area contributed by atoms with Crippen LogP contribution in [0.3, 0.4) is 0 Å². The van der Waals surface area contributed by atoms with Gasteiger partial charge in [-0.2, -0.15) is 5.10 Å². The van der Waals surface area contributed by atoms with Crippen LogP contribution in [0.1, 0.15) is 37.8 Å². The van der Waals surface area contributed by atoms with Crippen LogP contribution < -0.4 is 5.32 Å². The van der Waals surface area contributed by atoms with E-state index in [-0.39, 0.29) is 0 Å². The van der Waals surface area contributed by atoms with Crippen LogP contribution in [0.25, 0.3) is 0 Å². The van der Waals surface area contributed by atoms with Crippen LogP contribution in [0.2, 0.25) is 5.02 Å². The van der Waals surface area contributed by atoms with Crippen LogP contribution in [0.4, 0.5) is 0 Å². The molecular formula is C12H20ClN3. The van der Waals surface area contributed by atoms with E-state index in [4.69, 9.17) is 11.6 Å². The summed E-state index contributed by atoms with van der Waals surface area (Å²) in [7, 11) is 0. The zero-order chi connectivity index (χ0) is 11.4. The first-order valence-corrected chi connectivity index (χ1v) is 6.56. The molecule has 1 aromatic heterocycles. The molecule has 1 saturated carbocycles. The maximum absolute atomic E-state index is 5.95. The molecule has 0 spiro atoms. The minimum atomic E-state index is 0.767. The molecule has 0 saturated heterocycles. The highest BCUT2D eigenvalue weighted by atomic mass is 35.5. The maximum atomic E-state index is 5.95. The summed E-state index contributed by atoms with van der Waals surface area (Å²) in [6.45, 7) is 3.98. The van der Waals surface area contributed by atoms with Crippen molar-refractivity contribution in [3.8, 4) is 0 Å². The molecule has 0 bridgehead atoms. The predicted molar refractivity (Wildman–Crippen MR) is 66.8 cm³/mol. The molecule has 0 aliphatic heterocycles. The highest BCUT2D eigenvalue weighted by molar-refractivity contribution is 6.31. The molecule has 16 heavy (non-hydrogen) atoms. The Morgan fingerprint density at radius 3 is 2.88 bits per heavy atom. The van der Waals surface area contributed by atoms with E-state index >= 15 is 0 Å². The Bertz CT molecular complexity index is 310. The van der Waals surface area contributed by atoms with Crippen molar-refractivity contribution in [3.05, 3.63) is 16.9 Å². The molecule has 1 aliphatic carbocycles. The molecule has 0 radical (unpaired) electrons. The molecule has 1 heterocycles. The minimum Gasteiger partial charge on any atom is -0.314 e. The van der Waals surface area contributed by atoms with Gasteiger partial charge in [-0.3, -0.25) is 4.68 Å². The van der Waals surface area contributed by atoms with Gasteiger partial charge in [0.2, 0.25) is 0 Å². The fraction of sp³-hybridized carbons (Fsp3) is 0.750. The molecule has 0 amide bonds.